The van der Waals surface area contributed by atoms with Gasteiger partial charge < -0.3 is 5.32 Å². The van der Waals surface area contributed by atoms with Gasteiger partial charge >= 0.3 is 0 Å². The first-order valence-electron chi connectivity index (χ1n) is 8.11. The molecule has 3 atom stereocenters. The highest BCUT2D eigenvalue weighted by atomic mass is 15.2. The summed E-state index contributed by atoms with van der Waals surface area (Å²) in [6.07, 6.45) is 7.39. The molecule has 3 unspecified atom stereocenters. The second kappa shape index (κ2) is 6.91. The Labute approximate surface area is 114 Å². The molecule has 1 N–H and O–H groups in total. The van der Waals surface area contributed by atoms with Gasteiger partial charge in [0.25, 0.3) is 0 Å². The van der Waals surface area contributed by atoms with E-state index in [2.05, 4.69) is 31.0 Å². The molecule has 1 saturated carbocycles. The molecule has 0 spiro atoms. The van der Waals surface area contributed by atoms with Gasteiger partial charge in [-0.25, -0.2) is 0 Å². The normalized spacial score (nSPS) is 30.7. The third-order valence-corrected chi connectivity index (χ3v) is 4.70. The molecule has 18 heavy (non-hydrogen) atoms. The van der Waals surface area contributed by atoms with E-state index in [1.54, 1.807) is 0 Å². The van der Waals surface area contributed by atoms with Crippen LogP contribution < -0.4 is 5.32 Å². The number of nitrogens with one attached hydrogen (secondary N) is 1. The van der Waals surface area contributed by atoms with E-state index in [-0.39, 0.29) is 0 Å². The molecule has 0 radical (unpaired) electrons. The van der Waals surface area contributed by atoms with Crippen LogP contribution in [-0.4, -0.2) is 37.1 Å². The number of rotatable bonds is 6. The van der Waals surface area contributed by atoms with Gasteiger partial charge in [0, 0.05) is 12.6 Å². The lowest BCUT2D eigenvalue weighted by Gasteiger charge is -2.39. The van der Waals surface area contributed by atoms with Crippen molar-refractivity contribution in [2.75, 3.05) is 26.2 Å². The van der Waals surface area contributed by atoms with Gasteiger partial charge in [0.2, 0.25) is 0 Å². The van der Waals surface area contributed by atoms with E-state index >= 15 is 0 Å². The zero-order chi connectivity index (χ0) is 13.0. The summed E-state index contributed by atoms with van der Waals surface area (Å²) in [5.41, 5.74) is 0. The van der Waals surface area contributed by atoms with Gasteiger partial charge in [-0.3, -0.25) is 4.90 Å². The standard InChI is InChI=1S/C16H32N2/c1-13(2)10-17-11-14(3)12-18-9-5-7-15-6-4-8-16(15)18/h13-17H,4-12H2,1-3H3. The van der Waals surface area contributed by atoms with Crippen LogP contribution in [0.4, 0.5) is 0 Å². The van der Waals surface area contributed by atoms with Crippen molar-refractivity contribution in [1.82, 2.24) is 10.2 Å². The summed E-state index contributed by atoms with van der Waals surface area (Å²) in [5.74, 6) is 2.60. The number of piperidine rings is 1. The fourth-order valence-corrected chi connectivity index (χ4v) is 3.87. The third kappa shape index (κ3) is 3.96. The van der Waals surface area contributed by atoms with Crippen molar-refractivity contribution in [3.05, 3.63) is 0 Å². The Bertz CT molecular complexity index is 239. The van der Waals surface area contributed by atoms with Gasteiger partial charge in [-0.1, -0.05) is 27.2 Å². The average molecular weight is 252 g/mol. The molecule has 1 aliphatic carbocycles. The first-order valence-corrected chi connectivity index (χ1v) is 8.11. The van der Waals surface area contributed by atoms with Crippen molar-refractivity contribution in [2.24, 2.45) is 17.8 Å². The maximum atomic E-state index is 3.61. The monoisotopic (exact) mass is 252 g/mol. The number of likely N-dealkylation sites (tertiary alicyclic amines) is 1. The predicted octanol–water partition coefficient (Wildman–Crippen LogP) is 3.13. The number of hydrogen-bond acceptors (Lipinski definition) is 2. The van der Waals surface area contributed by atoms with Crippen LogP contribution >= 0.6 is 0 Å². The maximum Gasteiger partial charge on any atom is 0.0124 e. The second-order valence-electron chi connectivity index (χ2n) is 7.05. The molecule has 0 aromatic carbocycles. The van der Waals surface area contributed by atoms with Crippen molar-refractivity contribution in [2.45, 2.75) is 58.9 Å². The highest BCUT2D eigenvalue weighted by Crippen LogP contribution is 2.36. The van der Waals surface area contributed by atoms with Gasteiger partial charge in [0.15, 0.2) is 0 Å². The lowest BCUT2D eigenvalue weighted by atomic mass is 9.91. The SMILES string of the molecule is CC(C)CNCC(C)CN1CCCC2CCCC21. The van der Waals surface area contributed by atoms with E-state index in [0.717, 1.165) is 30.3 Å². The average Bonchev–Trinajstić information content (AvgIpc) is 2.77. The minimum absolute atomic E-state index is 0.770. The summed E-state index contributed by atoms with van der Waals surface area (Å²) in [4.78, 5) is 2.81. The van der Waals surface area contributed by atoms with E-state index in [4.69, 9.17) is 0 Å². The van der Waals surface area contributed by atoms with Crippen molar-refractivity contribution in [1.29, 1.82) is 0 Å². The second-order valence-corrected chi connectivity index (χ2v) is 7.05. The fraction of sp³-hybridized carbons (Fsp3) is 1.00. The topological polar surface area (TPSA) is 15.3 Å². The summed E-state index contributed by atoms with van der Waals surface area (Å²) in [6, 6.07) is 0.936. The Balaban J connectivity index is 1.70. The van der Waals surface area contributed by atoms with E-state index in [1.807, 2.05) is 0 Å². The van der Waals surface area contributed by atoms with E-state index < -0.39 is 0 Å². The minimum atomic E-state index is 0.770. The van der Waals surface area contributed by atoms with Crippen LogP contribution in [0.25, 0.3) is 0 Å². The molecule has 0 amide bonds. The highest BCUT2D eigenvalue weighted by Gasteiger charge is 2.34. The van der Waals surface area contributed by atoms with Crippen molar-refractivity contribution in [3.8, 4) is 0 Å². The molecule has 0 aromatic heterocycles. The van der Waals surface area contributed by atoms with E-state index in [0.29, 0.717) is 0 Å². The smallest absolute Gasteiger partial charge is 0.0124 e. The zero-order valence-electron chi connectivity index (χ0n) is 12.6. The number of fused-ring (bicyclic) bond motifs is 1. The summed E-state index contributed by atoms with van der Waals surface area (Å²) in [5, 5.41) is 3.61. The summed E-state index contributed by atoms with van der Waals surface area (Å²) >= 11 is 0. The van der Waals surface area contributed by atoms with Crippen LogP contribution in [0.3, 0.4) is 0 Å². The number of hydrogen-bond donors (Lipinski definition) is 1. The molecular weight excluding hydrogens is 220 g/mol. The molecule has 2 rings (SSSR count). The Morgan fingerprint density at radius 2 is 1.83 bits per heavy atom. The molecule has 106 valence electrons. The van der Waals surface area contributed by atoms with Crippen LogP contribution in [-0.2, 0) is 0 Å². The summed E-state index contributed by atoms with van der Waals surface area (Å²) in [7, 11) is 0. The molecule has 2 nitrogen and oxygen atoms in total. The molecule has 1 heterocycles. The van der Waals surface area contributed by atoms with Gasteiger partial charge in [-0.15, -0.1) is 0 Å². The summed E-state index contributed by atoms with van der Waals surface area (Å²) in [6.45, 7) is 12.0. The lowest BCUT2D eigenvalue weighted by Crippen LogP contribution is -2.45. The fourth-order valence-electron chi connectivity index (χ4n) is 3.87. The third-order valence-electron chi connectivity index (χ3n) is 4.70. The molecule has 1 saturated heterocycles. The molecule has 0 bridgehead atoms. The molecule has 1 aliphatic heterocycles. The Morgan fingerprint density at radius 3 is 2.61 bits per heavy atom. The van der Waals surface area contributed by atoms with E-state index in [1.165, 1.54) is 51.7 Å². The van der Waals surface area contributed by atoms with Gasteiger partial charge in [-0.05, 0) is 63.1 Å². The van der Waals surface area contributed by atoms with Crippen LogP contribution in [0, 0.1) is 17.8 Å². The number of nitrogens with zero attached hydrogens (tertiary/aromatic N) is 1. The molecule has 2 aliphatic rings. The van der Waals surface area contributed by atoms with Crippen molar-refractivity contribution < 1.29 is 0 Å². The van der Waals surface area contributed by atoms with Crippen molar-refractivity contribution >= 4 is 0 Å². The molecule has 2 heteroatoms. The highest BCUT2D eigenvalue weighted by molar-refractivity contribution is 4.89. The largest absolute Gasteiger partial charge is 0.316 e. The quantitative estimate of drug-likeness (QED) is 0.781. The van der Waals surface area contributed by atoms with Crippen LogP contribution in [0.2, 0.25) is 0 Å². The van der Waals surface area contributed by atoms with E-state index in [9.17, 15) is 0 Å². The van der Waals surface area contributed by atoms with Gasteiger partial charge in [0.05, 0.1) is 0 Å². The first-order chi connectivity index (χ1) is 8.66. The minimum Gasteiger partial charge on any atom is -0.316 e. The first kappa shape index (κ1) is 14.3. The molecule has 2 fully saturated rings. The molecule has 0 aromatic rings. The Morgan fingerprint density at radius 1 is 1.06 bits per heavy atom. The predicted molar refractivity (Wildman–Crippen MR) is 78.8 cm³/mol. The van der Waals surface area contributed by atoms with Crippen LogP contribution in [0.1, 0.15) is 52.9 Å². The molecular formula is C16H32N2. The van der Waals surface area contributed by atoms with Crippen LogP contribution in [0.5, 0.6) is 0 Å². The summed E-state index contributed by atoms with van der Waals surface area (Å²) < 4.78 is 0. The Hall–Kier alpha value is -0.0800. The van der Waals surface area contributed by atoms with Gasteiger partial charge in [0.1, 0.15) is 0 Å². The van der Waals surface area contributed by atoms with Crippen molar-refractivity contribution in [3.63, 3.8) is 0 Å². The lowest BCUT2D eigenvalue weighted by molar-refractivity contribution is 0.0970. The van der Waals surface area contributed by atoms with Gasteiger partial charge in [-0.2, -0.15) is 0 Å². The zero-order valence-corrected chi connectivity index (χ0v) is 12.6. The Kier molecular flexibility index (Phi) is 5.50. The van der Waals surface area contributed by atoms with Crippen LogP contribution in [0.15, 0.2) is 0 Å². The maximum absolute atomic E-state index is 3.61.